The van der Waals surface area contributed by atoms with Crippen LogP contribution in [0.15, 0.2) is 36.7 Å². The summed E-state index contributed by atoms with van der Waals surface area (Å²) in [5.41, 5.74) is 2.50. The highest BCUT2D eigenvalue weighted by Crippen LogP contribution is 2.20. The lowest BCUT2D eigenvalue weighted by Crippen LogP contribution is -2.41. The number of benzene rings is 1. The van der Waals surface area contributed by atoms with Gasteiger partial charge in [-0.2, -0.15) is 5.10 Å². The van der Waals surface area contributed by atoms with Crippen molar-refractivity contribution < 1.29 is 9.53 Å². The van der Waals surface area contributed by atoms with Crippen LogP contribution in [0.4, 0.5) is 21.9 Å². The van der Waals surface area contributed by atoms with Crippen LogP contribution in [-0.2, 0) is 4.74 Å². The molecule has 3 N–H and O–H groups in total. The van der Waals surface area contributed by atoms with E-state index in [2.05, 4.69) is 32.7 Å². The van der Waals surface area contributed by atoms with Crippen LogP contribution in [0.1, 0.15) is 6.92 Å². The minimum absolute atomic E-state index is 0.243. The highest BCUT2D eigenvalue weighted by atomic mass is 16.5. The van der Waals surface area contributed by atoms with Gasteiger partial charge in [-0.15, -0.1) is 0 Å². The van der Waals surface area contributed by atoms with E-state index in [1.807, 2.05) is 24.3 Å². The Labute approximate surface area is 128 Å². The first kappa shape index (κ1) is 14.4. The first-order chi connectivity index (χ1) is 10.7. The number of nitrogens with zero attached hydrogens (tertiary/aromatic N) is 2. The Morgan fingerprint density at radius 3 is 2.77 bits per heavy atom. The van der Waals surface area contributed by atoms with E-state index in [1.54, 1.807) is 12.4 Å². The molecule has 3 rings (SSSR count). The van der Waals surface area contributed by atoms with E-state index in [1.165, 1.54) is 0 Å². The molecule has 1 atom stereocenters. The molecule has 1 aliphatic rings. The molecule has 22 heavy (non-hydrogen) atoms. The highest BCUT2D eigenvalue weighted by molar-refractivity contribution is 5.99. The SMILES string of the molecule is C[C@H]1CN(c2ccc(NC(=O)Nc3cn[nH]c3)cc2)CCO1. The summed E-state index contributed by atoms with van der Waals surface area (Å²) in [5.74, 6) is 0. The van der Waals surface area contributed by atoms with Crippen molar-refractivity contribution in [2.75, 3.05) is 35.2 Å². The van der Waals surface area contributed by atoms with Crippen LogP contribution in [0, 0.1) is 0 Å². The van der Waals surface area contributed by atoms with Gasteiger partial charge in [-0.1, -0.05) is 0 Å². The van der Waals surface area contributed by atoms with E-state index in [0.717, 1.165) is 31.1 Å². The average Bonchev–Trinajstić information content (AvgIpc) is 3.01. The summed E-state index contributed by atoms with van der Waals surface area (Å²) in [6.07, 6.45) is 3.40. The van der Waals surface area contributed by atoms with Gasteiger partial charge in [0, 0.05) is 30.7 Å². The van der Waals surface area contributed by atoms with Gasteiger partial charge in [0.2, 0.25) is 0 Å². The van der Waals surface area contributed by atoms with Crippen LogP contribution >= 0.6 is 0 Å². The fraction of sp³-hybridized carbons (Fsp3) is 0.333. The van der Waals surface area contributed by atoms with Gasteiger partial charge < -0.3 is 20.3 Å². The predicted octanol–water partition coefficient (Wildman–Crippen LogP) is 2.28. The fourth-order valence-electron chi connectivity index (χ4n) is 2.42. The number of aromatic nitrogens is 2. The molecule has 0 bridgehead atoms. The van der Waals surface area contributed by atoms with E-state index in [9.17, 15) is 4.79 Å². The van der Waals surface area contributed by atoms with Crippen molar-refractivity contribution in [2.45, 2.75) is 13.0 Å². The van der Waals surface area contributed by atoms with Crippen molar-refractivity contribution in [3.05, 3.63) is 36.7 Å². The smallest absolute Gasteiger partial charge is 0.323 e. The lowest BCUT2D eigenvalue weighted by atomic mass is 10.2. The molecule has 116 valence electrons. The van der Waals surface area contributed by atoms with Gasteiger partial charge in [-0.05, 0) is 31.2 Å². The van der Waals surface area contributed by atoms with Crippen LogP contribution in [0.25, 0.3) is 0 Å². The van der Waals surface area contributed by atoms with Crippen molar-refractivity contribution >= 4 is 23.1 Å². The number of hydrogen-bond donors (Lipinski definition) is 3. The fourth-order valence-corrected chi connectivity index (χ4v) is 2.42. The van der Waals surface area contributed by atoms with Gasteiger partial charge in [0.15, 0.2) is 0 Å². The number of rotatable bonds is 3. The minimum atomic E-state index is -0.297. The van der Waals surface area contributed by atoms with Gasteiger partial charge in [-0.25, -0.2) is 4.79 Å². The Balaban J connectivity index is 1.58. The molecule has 0 aliphatic carbocycles. The number of nitrogens with one attached hydrogen (secondary N) is 3. The number of hydrogen-bond acceptors (Lipinski definition) is 4. The lowest BCUT2D eigenvalue weighted by molar-refractivity contribution is 0.0532. The average molecular weight is 301 g/mol. The zero-order valence-electron chi connectivity index (χ0n) is 12.4. The molecular weight excluding hydrogens is 282 g/mol. The maximum atomic E-state index is 11.8. The molecule has 0 saturated carbocycles. The molecule has 0 radical (unpaired) electrons. The van der Waals surface area contributed by atoms with Crippen LogP contribution in [0.5, 0.6) is 0 Å². The maximum absolute atomic E-state index is 11.8. The number of carbonyl (C=O) groups excluding carboxylic acids is 1. The Morgan fingerprint density at radius 1 is 1.32 bits per heavy atom. The van der Waals surface area contributed by atoms with Crippen molar-refractivity contribution in [3.8, 4) is 0 Å². The molecular formula is C15H19N5O2. The van der Waals surface area contributed by atoms with E-state index in [-0.39, 0.29) is 12.1 Å². The molecule has 1 aromatic heterocycles. The lowest BCUT2D eigenvalue weighted by Gasteiger charge is -2.33. The second kappa shape index (κ2) is 6.48. The first-order valence-corrected chi connectivity index (χ1v) is 7.24. The number of ether oxygens (including phenoxy) is 1. The molecule has 2 amide bonds. The van der Waals surface area contributed by atoms with Crippen LogP contribution in [0.2, 0.25) is 0 Å². The third-order valence-electron chi connectivity index (χ3n) is 3.49. The van der Waals surface area contributed by atoms with E-state index in [0.29, 0.717) is 5.69 Å². The number of morpholine rings is 1. The molecule has 1 aliphatic heterocycles. The number of urea groups is 1. The molecule has 1 saturated heterocycles. The molecule has 1 aromatic carbocycles. The second-order valence-corrected chi connectivity index (χ2v) is 5.24. The zero-order chi connectivity index (χ0) is 15.4. The second-order valence-electron chi connectivity index (χ2n) is 5.24. The van der Waals surface area contributed by atoms with E-state index in [4.69, 9.17) is 4.74 Å². The molecule has 2 heterocycles. The molecule has 0 unspecified atom stereocenters. The van der Waals surface area contributed by atoms with E-state index < -0.39 is 0 Å². The van der Waals surface area contributed by atoms with Gasteiger partial charge in [0.1, 0.15) is 0 Å². The topological polar surface area (TPSA) is 82.3 Å². The summed E-state index contributed by atoms with van der Waals surface area (Å²) in [5, 5.41) is 11.9. The van der Waals surface area contributed by atoms with Crippen molar-refractivity contribution in [2.24, 2.45) is 0 Å². The standard InChI is InChI=1S/C15H19N5O2/c1-11-10-20(6-7-22-11)14-4-2-12(3-5-14)18-15(21)19-13-8-16-17-9-13/h2-5,8-9,11H,6-7,10H2,1H3,(H,16,17)(H2,18,19,21)/t11-/m0/s1. The number of aromatic amines is 1. The maximum Gasteiger partial charge on any atom is 0.323 e. The van der Waals surface area contributed by atoms with Gasteiger partial charge in [0.05, 0.1) is 24.6 Å². The van der Waals surface area contributed by atoms with Crippen molar-refractivity contribution in [1.82, 2.24) is 10.2 Å². The largest absolute Gasteiger partial charge is 0.375 e. The van der Waals surface area contributed by atoms with Gasteiger partial charge in [-0.3, -0.25) is 5.10 Å². The van der Waals surface area contributed by atoms with Crippen molar-refractivity contribution in [1.29, 1.82) is 0 Å². The quantitative estimate of drug-likeness (QED) is 0.812. The predicted molar refractivity (Wildman–Crippen MR) is 85.3 cm³/mol. The summed E-state index contributed by atoms with van der Waals surface area (Å²) in [6.45, 7) is 4.59. The Hall–Kier alpha value is -2.54. The Morgan fingerprint density at radius 2 is 2.09 bits per heavy atom. The van der Waals surface area contributed by atoms with Crippen LogP contribution in [0.3, 0.4) is 0 Å². The van der Waals surface area contributed by atoms with E-state index >= 15 is 0 Å². The number of H-pyrrole nitrogens is 1. The number of amides is 2. The number of carbonyl (C=O) groups is 1. The third kappa shape index (κ3) is 3.56. The summed E-state index contributed by atoms with van der Waals surface area (Å²) >= 11 is 0. The number of anilines is 3. The van der Waals surface area contributed by atoms with Gasteiger partial charge >= 0.3 is 6.03 Å². The molecule has 7 nitrogen and oxygen atoms in total. The minimum Gasteiger partial charge on any atom is -0.375 e. The summed E-state index contributed by atoms with van der Waals surface area (Å²) in [4.78, 5) is 14.1. The molecule has 1 fully saturated rings. The summed E-state index contributed by atoms with van der Waals surface area (Å²) in [7, 11) is 0. The molecule has 2 aromatic rings. The summed E-state index contributed by atoms with van der Waals surface area (Å²) in [6, 6.07) is 7.50. The zero-order valence-corrected chi connectivity index (χ0v) is 12.4. The van der Waals surface area contributed by atoms with Crippen LogP contribution < -0.4 is 15.5 Å². The third-order valence-corrected chi connectivity index (χ3v) is 3.49. The van der Waals surface area contributed by atoms with Gasteiger partial charge in [0.25, 0.3) is 0 Å². The first-order valence-electron chi connectivity index (χ1n) is 7.24. The monoisotopic (exact) mass is 301 g/mol. The van der Waals surface area contributed by atoms with Crippen molar-refractivity contribution in [3.63, 3.8) is 0 Å². The van der Waals surface area contributed by atoms with Crippen LogP contribution in [-0.4, -0.2) is 42.0 Å². The summed E-state index contributed by atoms with van der Waals surface area (Å²) < 4.78 is 5.54. The Bertz CT molecular complexity index is 611. The molecule has 7 heteroatoms. The Kier molecular flexibility index (Phi) is 4.24. The normalized spacial score (nSPS) is 18.0. The highest BCUT2D eigenvalue weighted by Gasteiger charge is 2.16. The molecule has 0 spiro atoms.